The largest absolute Gasteiger partial charge is 0.488 e. The van der Waals surface area contributed by atoms with Gasteiger partial charge in [-0.2, -0.15) is 0 Å². The van der Waals surface area contributed by atoms with Crippen LogP contribution in [0, 0.1) is 5.82 Å². The van der Waals surface area contributed by atoms with E-state index in [9.17, 15) is 4.39 Å². The minimum Gasteiger partial charge on any atom is -0.488 e. The lowest BCUT2D eigenvalue weighted by Crippen LogP contribution is -2.18. The molecule has 0 amide bonds. The Morgan fingerprint density at radius 1 is 1.24 bits per heavy atom. The van der Waals surface area contributed by atoms with Gasteiger partial charge in [-0.25, -0.2) is 4.39 Å². The van der Waals surface area contributed by atoms with Gasteiger partial charge in [0.2, 0.25) is 0 Å². The molecule has 3 aromatic rings. The highest BCUT2D eigenvalue weighted by Gasteiger charge is 2.11. The SMILES string of the molecule is Nc1nnnn1NCc1cc(Cl)ccc1OCc1c(F)cccc1Cl. The van der Waals surface area contributed by atoms with Crippen LogP contribution in [0.4, 0.5) is 10.3 Å². The van der Waals surface area contributed by atoms with Crippen LogP contribution in [0.1, 0.15) is 11.1 Å². The van der Waals surface area contributed by atoms with Crippen LogP contribution in [-0.4, -0.2) is 20.3 Å². The summed E-state index contributed by atoms with van der Waals surface area (Å²) >= 11 is 12.1. The van der Waals surface area contributed by atoms with Gasteiger partial charge < -0.3 is 15.9 Å². The molecule has 25 heavy (non-hydrogen) atoms. The number of hydrogen-bond donors (Lipinski definition) is 2. The number of nitrogen functional groups attached to an aromatic ring is 1. The van der Waals surface area contributed by atoms with Gasteiger partial charge in [0, 0.05) is 16.1 Å². The van der Waals surface area contributed by atoms with Gasteiger partial charge in [-0.3, -0.25) is 0 Å². The lowest BCUT2D eigenvalue weighted by molar-refractivity contribution is 0.297. The van der Waals surface area contributed by atoms with E-state index in [0.717, 1.165) is 5.56 Å². The molecule has 10 heteroatoms. The van der Waals surface area contributed by atoms with E-state index >= 15 is 0 Å². The average Bonchev–Trinajstić information content (AvgIpc) is 2.99. The zero-order valence-electron chi connectivity index (χ0n) is 12.8. The van der Waals surface area contributed by atoms with Crippen molar-refractivity contribution in [2.24, 2.45) is 0 Å². The fourth-order valence-corrected chi connectivity index (χ4v) is 2.53. The summed E-state index contributed by atoms with van der Waals surface area (Å²) in [7, 11) is 0. The topological polar surface area (TPSA) is 90.9 Å². The van der Waals surface area contributed by atoms with Gasteiger partial charge in [0.1, 0.15) is 18.2 Å². The van der Waals surface area contributed by atoms with Crippen LogP contribution in [0.25, 0.3) is 0 Å². The Hall–Kier alpha value is -2.58. The minimum absolute atomic E-state index is 0.0207. The molecule has 0 atom stereocenters. The second kappa shape index (κ2) is 7.54. The number of nitrogens with one attached hydrogen (secondary N) is 1. The van der Waals surface area contributed by atoms with Crippen molar-refractivity contribution in [2.45, 2.75) is 13.2 Å². The van der Waals surface area contributed by atoms with Crippen molar-refractivity contribution in [3.05, 3.63) is 63.4 Å². The van der Waals surface area contributed by atoms with E-state index in [4.69, 9.17) is 33.7 Å². The molecule has 0 fully saturated rings. The van der Waals surface area contributed by atoms with Crippen LogP contribution in [0.2, 0.25) is 10.0 Å². The summed E-state index contributed by atoms with van der Waals surface area (Å²) in [4.78, 5) is 1.22. The van der Waals surface area contributed by atoms with Gasteiger partial charge in [0.05, 0.1) is 11.6 Å². The number of benzene rings is 2. The highest BCUT2D eigenvalue weighted by Crippen LogP contribution is 2.26. The molecule has 0 saturated heterocycles. The molecule has 0 bridgehead atoms. The summed E-state index contributed by atoms with van der Waals surface area (Å²) in [6.07, 6.45) is 0. The van der Waals surface area contributed by atoms with Crippen LogP contribution >= 0.6 is 23.2 Å². The molecule has 3 N–H and O–H groups in total. The minimum atomic E-state index is -0.428. The maximum atomic E-state index is 13.9. The molecule has 1 heterocycles. The van der Waals surface area contributed by atoms with E-state index < -0.39 is 5.82 Å². The normalized spacial score (nSPS) is 10.7. The molecule has 0 saturated carbocycles. The molecule has 0 spiro atoms. The average molecular weight is 383 g/mol. The van der Waals surface area contributed by atoms with E-state index in [2.05, 4.69) is 21.0 Å². The molecule has 7 nitrogen and oxygen atoms in total. The first kappa shape index (κ1) is 17.2. The Labute approximate surface area is 152 Å². The first-order valence-corrected chi connectivity index (χ1v) is 7.92. The molecule has 0 aliphatic heterocycles. The standard InChI is InChI=1S/C15H13Cl2FN6O/c16-10-4-5-14(25-8-11-12(17)2-1-3-13(11)18)9(6-10)7-20-24-15(19)21-22-23-24/h1-6,20H,7-8H2,(H2,19,21,23). The molecule has 3 rings (SSSR count). The Kier molecular flexibility index (Phi) is 5.20. The van der Waals surface area contributed by atoms with E-state index in [1.807, 2.05) is 0 Å². The van der Waals surface area contributed by atoms with Gasteiger partial charge in [0.15, 0.2) is 0 Å². The number of halogens is 3. The quantitative estimate of drug-likeness (QED) is 0.680. The van der Waals surface area contributed by atoms with Gasteiger partial charge in [-0.1, -0.05) is 34.4 Å². The number of anilines is 1. The van der Waals surface area contributed by atoms with Crippen molar-refractivity contribution in [3.63, 3.8) is 0 Å². The summed E-state index contributed by atoms with van der Waals surface area (Å²) in [5.41, 5.74) is 9.50. The number of nitrogens with two attached hydrogens (primary N) is 1. The third-order valence-corrected chi connectivity index (χ3v) is 3.96. The van der Waals surface area contributed by atoms with Crippen LogP contribution in [0.3, 0.4) is 0 Å². The van der Waals surface area contributed by atoms with Crippen molar-refractivity contribution in [2.75, 3.05) is 11.2 Å². The van der Waals surface area contributed by atoms with E-state index in [0.29, 0.717) is 15.8 Å². The van der Waals surface area contributed by atoms with Crippen LogP contribution in [0.15, 0.2) is 36.4 Å². The van der Waals surface area contributed by atoms with E-state index in [-0.39, 0.29) is 24.7 Å². The molecule has 0 aliphatic rings. The third-order valence-electron chi connectivity index (χ3n) is 3.37. The highest BCUT2D eigenvalue weighted by atomic mass is 35.5. The zero-order valence-corrected chi connectivity index (χ0v) is 14.3. The summed E-state index contributed by atoms with van der Waals surface area (Å²) in [6.45, 7) is 0.267. The Bertz CT molecular complexity index is 868. The summed E-state index contributed by atoms with van der Waals surface area (Å²) < 4.78 is 19.6. The van der Waals surface area contributed by atoms with E-state index in [1.54, 1.807) is 24.3 Å². The smallest absolute Gasteiger partial charge is 0.260 e. The van der Waals surface area contributed by atoms with Gasteiger partial charge in [-0.15, -0.1) is 4.79 Å². The van der Waals surface area contributed by atoms with Gasteiger partial charge >= 0.3 is 0 Å². The Balaban J connectivity index is 1.76. The predicted molar refractivity (Wildman–Crippen MR) is 92.5 cm³/mol. The second-order valence-corrected chi connectivity index (χ2v) is 5.87. The molecule has 0 aliphatic carbocycles. The highest BCUT2D eigenvalue weighted by molar-refractivity contribution is 6.31. The molecule has 2 aromatic carbocycles. The van der Waals surface area contributed by atoms with Crippen molar-refractivity contribution >= 4 is 29.2 Å². The van der Waals surface area contributed by atoms with Crippen molar-refractivity contribution < 1.29 is 9.13 Å². The third kappa shape index (κ3) is 4.09. The second-order valence-electron chi connectivity index (χ2n) is 5.02. The van der Waals surface area contributed by atoms with Crippen molar-refractivity contribution in [1.29, 1.82) is 0 Å². The molecule has 0 unspecified atom stereocenters. The van der Waals surface area contributed by atoms with E-state index in [1.165, 1.54) is 16.9 Å². The molecule has 1 aromatic heterocycles. The molecular weight excluding hydrogens is 370 g/mol. The van der Waals surface area contributed by atoms with Crippen LogP contribution < -0.4 is 15.9 Å². The molecule has 0 radical (unpaired) electrons. The Morgan fingerprint density at radius 2 is 2.08 bits per heavy atom. The number of aromatic nitrogens is 4. The predicted octanol–water partition coefficient (Wildman–Crippen LogP) is 3.02. The number of nitrogens with zero attached hydrogens (tertiary/aromatic N) is 4. The summed E-state index contributed by atoms with van der Waals surface area (Å²) in [5.74, 6) is 0.202. The van der Waals surface area contributed by atoms with Crippen LogP contribution in [-0.2, 0) is 13.2 Å². The molecular formula is C15H13Cl2FN6O. The summed E-state index contributed by atoms with van der Waals surface area (Å²) in [5, 5.41) is 11.5. The number of ether oxygens (including phenoxy) is 1. The lowest BCUT2D eigenvalue weighted by atomic mass is 10.2. The zero-order chi connectivity index (χ0) is 17.8. The van der Waals surface area contributed by atoms with Crippen molar-refractivity contribution in [3.8, 4) is 5.75 Å². The van der Waals surface area contributed by atoms with Crippen LogP contribution in [0.5, 0.6) is 5.75 Å². The lowest BCUT2D eigenvalue weighted by Gasteiger charge is -2.14. The first-order valence-electron chi connectivity index (χ1n) is 7.16. The molecule has 130 valence electrons. The maximum Gasteiger partial charge on any atom is 0.260 e. The first-order chi connectivity index (χ1) is 12.0. The van der Waals surface area contributed by atoms with Crippen molar-refractivity contribution in [1.82, 2.24) is 20.3 Å². The van der Waals surface area contributed by atoms with Gasteiger partial charge in [-0.05, 0) is 40.8 Å². The number of rotatable bonds is 6. The van der Waals surface area contributed by atoms with Gasteiger partial charge in [0.25, 0.3) is 5.95 Å². The fourth-order valence-electron chi connectivity index (χ4n) is 2.11. The number of hydrogen-bond acceptors (Lipinski definition) is 6. The Morgan fingerprint density at radius 3 is 2.80 bits per heavy atom. The monoisotopic (exact) mass is 382 g/mol. The summed E-state index contributed by atoms with van der Waals surface area (Å²) in [6, 6.07) is 9.55. The number of tetrazole rings is 1. The fraction of sp³-hybridized carbons (Fsp3) is 0.133. The maximum absolute atomic E-state index is 13.9.